The number of esters is 1. The van der Waals surface area contributed by atoms with Gasteiger partial charge in [-0.3, -0.25) is 0 Å². The van der Waals surface area contributed by atoms with E-state index < -0.39 is 5.97 Å². The molecule has 21 heavy (non-hydrogen) atoms. The Bertz CT molecular complexity index is 686. The maximum Gasteiger partial charge on any atom is 0.376 e. The van der Waals surface area contributed by atoms with E-state index >= 15 is 0 Å². The monoisotopic (exact) mass is 309 g/mol. The highest BCUT2D eigenvalue weighted by Crippen LogP contribution is 2.23. The topological polar surface area (TPSA) is 73.1 Å². The molecule has 0 aromatic carbocycles. The van der Waals surface area contributed by atoms with Gasteiger partial charge in [-0.2, -0.15) is 5.10 Å². The lowest BCUT2D eigenvalue weighted by Crippen LogP contribution is -2.29. The van der Waals surface area contributed by atoms with Gasteiger partial charge in [-0.25, -0.2) is 19.4 Å². The van der Waals surface area contributed by atoms with Crippen LogP contribution in [0.1, 0.15) is 23.5 Å². The molecule has 1 aliphatic heterocycles. The quantitative estimate of drug-likeness (QED) is 0.797. The molecule has 7 nitrogen and oxygen atoms in total. The van der Waals surface area contributed by atoms with E-state index in [2.05, 4.69) is 31.8 Å². The van der Waals surface area contributed by atoms with E-state index in [0.717, 1.165) is 13.0 Å². The molecule has 1 atom stereocenters. The average molecular weight is 310 g/mol. The number of hydrogen-bond acceptors (Lipinski definition) is 6. The molecular formula is C13H16ClN5O2. The van der Waals surface area contributed by atoms with Crippen molar-refractivity contribution in [3.8, 4) is 0 Å². The van der Waals surface area contributed by atoms with E-state index in [0.29, 0.717) is 28.8 Å². The molecule has 1 fully saturated rings. The van der Waals surface area contributed by atoms with Gasteiger partial charge >= 0.3 is 5.97 Å². The molecule has 1 unspecified atom stereocenters. The van der Waals surface area contributed by atoms with E-state index in [1.165, 1.54) is 19.7 Å². The first-order chi connectivity index (χ1) is 10.1. The number of fused-ring (bicyclic) bond motifs is 1. The Hall–Kier alpha value is -1.73. The van der Waals surface area contributed by atoms with Gasteiger partial charge < -0.3 is 9.64 Å². The van der Waals surface area contributed by atoms with Crippen LogP contribution in [0.25, 0.3) is 11.0 Å². The predicted molar refractivity (Wildman–Crippen MR) is 77.3 cm³/mol. The maximum absolute atomic E-state index is 11.6. The second-order valence-corrected chi connectivity index (χ2v) is 5.53. The van der Waals surface area contributed by atoms with Gasteiger partial charge in [0.2, 0.25) is 5.82 Å². The zero-order chi connectivity index (χ0) is 15.0. The summed E-state index contributed by atoms with van der Waals surface area (Å²) in [6.45, 7) is 1.78. The number of hydrogen-bond donors (Lipinski definition) is 0. The first-order valence-electron chi connectivity index (χ1n) is 6.77. The molecule has 3 heterocycles. The fourth-order valence-corrected chi connectivity index (χ4v) is 2.87. The van der Waals surface area contributed by atoms with Crippen LogP contribution in [0.4, 0.5) is 0 Å². The minimum Gasteiger partial charge on any atom is -0.463 e. The lowest BCUT2D eigenvalue weighted by molar-refractivity contribution is 0.0587. The minimum atomic E-state index is -0.571. The van der Waals surface area contributed by atoms with E-state index in [-0.39, 0.29) is 5.82 Å². The van der Waals surface area contributed by atoms with E-state index in [9.17, 15) is 4.79 Å². The molecule has 0 N–H and O–H groups in total. The third-order valence-electron chi connectivity index (χ3n) is 3.87. The summed E-state index contributed by atoms with van der Waals surface area (Å²) in [5, 5.41) is 5.31. The van der Waals surface area contributed by atoms with Crippen LogP contribution in [0.15, 0.2) is 6.20 Å². The minimum absolute atomic E-state index is 0.0163. The van der Waals surface area contributed by atoms with Crippen molar-refractivity contribution >= 4 is 28.6 Å². The van der Waals surface area contributed by atoms with Crippen molar-refractivity contribution in [2.24, 2.45) is 0 Å². The number of rotatable bonds is 3. The third-order valence-corrected chi connectivity index (χ3v) is 4.15. The van der Waals surface area contributed by atoms with Crippen LogP contribution in [-0.4, -0.2) is 57.4 Å². The molecule has 1 saturated heterocycles. The van der Waals surface area contributed by atoms with Crippen LogP contribution in [0.5, 0.6) is 0 Å². The molecular weight excluding hydrogens is 294 g/mol. The number of likely N-dealkylation sites (N-methyl/N-ethyl adjacent to an activating group) is 1. The van der Waals surface area contributed by atoms with Crippen molar-refractivity contribution in [1.29, 1.82) is 0 Å². The lowest BCUT2D eigenvalue weighted by atomic mass is 10.2. The zero-order valence-electron chi connectivity index (χ0n) is 11.9. The fourth-order valence-electron chi connectivity index (χ4n) is 2.65. The number of methoxy groups -OCH3 is 1. The summed E-state index contributed by atoms with van der Waals surface area (Å²) in [5.41, 5.74) is 0.565. The van der Waals surface area contributed by atoms with Gasteiger partial charge in [0.15, 0.2) is 10.8 Å². The Labute approximate surface area is 126 Å². The number of ether oxygens (including phenoxy) is 1. The first-order valence-corrected chi connectivity index (χ1v) is 7.15. The largest absolute Gasteiger partial charge is 0.463 e. The smallest absolute Gasteiger partial charge is 0.376 e. The van der Waals surface area contributed by atoms with Crippen LogP contribution in [0.3, 0.4) is 0 Å². The SMILES string of the molecule is COC(=O)c1ncc2c(Cl)nn(CC3CCCN3C)c2n1. The van der Waals surface area contributed by atoms with Gasteiger partial charge in [-0.1, -0.05) is 11.6 Å². The van der Waals surface area contributed by atoms with Gasteiger partial charge in [0, 0.05) is 12.2 Å². The van der Waals surface area contributed by atoms with E-state index in [1.54, 1.807) is 4.68 Å². The Morgan fingerprint density at radius 1 is 1.57 bits per heavy atom. The summed E-state index contributed by atoms with van der Waals surface area (Å²) in [6.07, 6.45) is 3.81. The van der Waals surface area contributed by atoms with Crippen molar-refractivity contribution in [1.82, 2.24) is 24.6 Å². The maximum atomic E-state index is 11.6. The summed E-state index contributed by atoms with van der Waals surface area (Å²) in [6, 6.07) is 0.403. The highest BCUT2D eigenvalue weighted by Gasteiger charge is 2.24. The number of likely N-dealkylation sites (tertiary alicyclic amines) is 1. The van der Waals surface area contributed by atoms with Crippen LogP contribution in [0.2, 0.25) is 5.15 Å². The van der Waals surface area contributed by atoms with Gasteiger partial charge in [0.25, 0.3) is 0 Å². The summed E-state index contributed by atoms with van der Waals surface area (Å²) in [4.78, 5) is 22.1. The number of halogens is 1. The highest BCUT2D eigenvalue weighted by atomic mass is 35.5. The molecule has 2 aromatic heterocycles. The Morgan fingerprint density at radius 3 is 3.05 bits per heavy atom. The van der Waals surface area contributed by atoms with Gasteiger partial charge in [-0.15, -0.1) is 0 Å². The summed E-state index contributed by atoms with van der Waals surface area (Å²) in [5.74, 6) is -0.554. The van der Waals surface area contributed by atoms with Gasteiger partial charge in [0.05, 0.1) is 19.0 Å². The lowest BCUT2D eigenvalue weighted by Gasteiger charge is -2.19. The number of aromatic nitrogens is 4. The molecule has 0 amide bonds. The van der Waals surface area contributed by atoms with Crippen molar-refractivity contribution in [3.05, 3.63) is 17.2 Å². The molecule has 0 spiro atoms. The first kappa shape index (κ1) is 14.2. The average Bonchev–Trinajstić information content (AvgIpc) is 3.03. The summed E-state index contributed by atoms with van der Waals surface area (Å²) >= 11 is 6.12. The van der Waals surface area contributed by atoms with Crippen LogP contribution in [0, 0.1) is 0 Å². The van der Waals surface area contributed by atoms with Crippen molar-refractivity contribution < 1.29 is 9.53 Å². The standard InChI is InChI=1S/C13H16ClN5O2/c1-18-5-3-4-8(18)7-19-12-9(10(14)17-19)6-15-11(16-12)13(20)21-2/h6,8H,3-5,7H2,1-2H3. The molecule has 8 heteroatoms. The van der Waals surface area contributed by atoms with Crippen molar-refractivity contribution in [3.63, 3.8) is 0 Å². The highest BCUT2D eigenvalue weighted by molar-refractivity contribution is 6.34. The number of carbonyl (C=O) groups excluding carboxylic acids is 1. The third kappa shape index (κ3) is 2.58. The van der Waals surface area contributed by atoms with E-state index in [4.69, 9.17) is 11.6 Å². The van der Waals surface area contributed by atoms with Gasteiger partial charge in [0.1, 0.15) is 0 Å². The predicted octanol–water partition coefficient (Wildman–Crippen LogP) is 1.36. The molecule has 2 aromatic rings. The fraction of sp³-hybridized carbons (Fsp3) is 0.538. The number of nitrogens with zero attached hydrogens (tertiary/aromatic N) is 5. The van der Waals surface area contributed by atoms with Crippen LogP contribution in [-0.2, 0) is 11.3 Å². The summed E-state index contributed by atoms with van der Waals surface area (Å²) in [7, 11) is 3.40. The normalized spacial score (nSPS) is 19.3. The van der Waals surface area contributed by atoms with Crippen molar-refractivity contribution in [2.75, 3.05) is 20.7 Å². The zero-order valence-corrected chi connectivity index (χ0v) is 12.7. The van der Waals surface area contributed by atoms with Crippen molar-refractivity contribution in [2.45, 2.75) is 25.4 Å². The molecule has 0 aliphatic carbocycles. The molecule has 0 radical (unpaired) electrons. The van der Waals surface area contributed by atoms with Gasteiger partial charge in [-0.05, 0) is 26.4 Å². The number of carbonyl (C=O) groups is 1. The molecule has 112 valence electrons. The molecule has 0 saturated carbocycles. The summed E-state index contributed by atoms with van der Waals surface area (Å²) < 4.78 is 6.40. The Kier molecular flexibility index (Phi) is 3.77. The van der Waals surface area contributed by atoms with Crippen LogP contribution < -0.4 is 0 Å². The Morgan fingerprint density at radius 2 is 2.38 bits per heavy atom. The second-order valence-electron chi connectivity index (χ2n) is 5.17. The molecule has 0 bridgehead atoms. The second kappa shape index (κ2) is 5.57. The molecule has 3 rings (SSSR count). The van der Waals surface area contributed by atoms with E-state index in [1.807, 2.05) is 0 Å². The van der Waals surface area contributed by atoms with Crippen LogP contribution >= 0.6 is 11.6 Å². The Balaban J connectivity index is 1.99. The molecule has 1 aliphatic rings.